The Morgan fingerprint density at radius 1 is 1.24 bits per heavy atom. The van der Waals surface area contributed by atoms with Crippen molar-refractivity contribution in [3.8, 4) is 5.75 Å². The highest BCUT2D eigenvalue weighted by Gasteiger charge is 2.25. The topological polar surface area (TPSA) is 67.9 Å². The summed E-state index contributed by atoms with van der Waals surface area (Å²) in [6.07, 6.45) is 0. The number of nitrogens with zero attached hydrogens (tertiary/aromatic N) is 1. The molecule has 130 valence electrons. The number of hydrogen-bond donors (Lipinski definition) is 1. The molecule has 0 fully saturated rings. The maximum atomic E-state index is 12.3. The van der Waals surface area contributed by atoms with Gasteiger partial charge in [0.1, 0.15) is 5.75 Å². The van der Waals surface area contributed by atoms with Gasteiger partial charge in [0, 0.05) is 5.56 Å². The van der Waals surface area contributed by atoms with Gasteiger partial charge in [-0.2, -0.15) is 0 Å². The van der Waals surface area contributed by atoms with E-state index < -0.39 is 0 Å². The van der Waals surface area contributed by atoms with E-state index in [-0.39, 0.29) is 18.4 Å². The molecule has 1 N–H and O–H groups in total. The molecule has 0 unspecified atom stereocenters. The van der Waals surface area contributed by atoms with E-state index >= 15 is 0 Å². The highest BCUT2D eigenvalue weighted by molar-refractivity contribution is 5.98. The molecule has 2 aromatic rings. The zero-order chi connectivity index (χ0) is 17.8. The van der Waals surface area contributed by atoms with Crippen LogP contribution >= 0.6 is 0 Å². The molecule has 1 aliphatic heterocycles. The van der Waals surface area contributed by atoms with Gasteiger partial charge in [0.15, 0.2) is 6.61 Å². The van der Waals surface area contributed by atoms with Crippen molar-refractivity contribution < 1.29 is 19.2 Å². The van der Waals surface area contributed by atoms with Crippen molar-refractivity contribution in [2.45, 2.75) is 20.4 Å². The van der Waals surface area contributed by atoms with Crippen LogP contribution in [-0.2, 0) is 16.2 Å². The molecule has 0 aromatic heterocycles. The zero-order valence-electron chi connectivity index (χ0n) is 14.2. The van der Waals surface area contributed by atoms with Gasteiger partial charge in [-0.1, -0.05) is 18.2 Å². The zero-order valence-corrected chi connectivity index (χ0v) is 14.2. The van der Waals surface area contributed by atoms with Gasteiger partial charge in [-0.05, 0) is 49.2 Å². The number of fused-ring (bicyclic) bond motifs is 1. The summed E-state index contributed by atoms with van der Waals surface area (Å²) >= 11 is 0. The second kappa shape index (κ2) is 7.36. The predicted molar refractivity (Wildman–Crippen MR) is 93.4 cm³/mol. The lowest BCUT2D eigenvalue weighted by Gasteiger charge is -2.29. The average molecular weight is 340 g/mol. The Morgan fingerprint density at radius 3 is 2.72 bits per heavy atom. The summed E-state index contributed by atoms with van der Waals surface area (Å²) in [6.45, 7) is 4.64. The number of hydrogen-bond acceptors (Lipinski definition) is 4. The normalized spacial score (nSPS) is 13.2. The lowest BCUT2D eigenvalue weighted by Crippen LogP contribution is -2.38. The Kier molecular flexibility index (Phi) is 5.00. The van der Waals surface area contributed by atoms with Gasteiger partial charge in [-0.25, -0.2) is 5.48 Å². The lowest BCUT2D eigenvalue weighted by molar-refractivity contribution is -0.121. The van der Waals surface area contributed by atoms with Crippen LogP contribution in [0.3, 0.4) is 0 Å². The van der Waals surface area contributed by atoms with Crippen molar-refractivity contribution in [3.05, 3.63) is 59.2 Å². The molecule has 0 saturated heterocycles. The van der Waals surface area contributed by atoms with E-state index in [0.29, 0.717) is 24.5 Å². The molecule has 1 heterocycles. The quantitative estimate of drug-likeness (QED) is 0.850. The van der Waals surface area contributed by atoms with Crippen LogP contribution in [0.1, 0.15) is 28.4 Å². The molecule has 2 amide bonds. The lowest BCUT2D eigenvalue weighted by atomic mass is 10.1. The van der Waals surface area contributed by atoms with Gasteiger partial charge in [0.2, 0.25) is 0 Å². The van der Waals surface area contributed by atoms with Gasteiger partial charge in [-0.3, -0.25) is 14.4 Å². The van der Waals surface area contributed by atoms with Crippen LogP contribution < -0.4 is 15.1 Å². The first-order chi connectivity index (χ1) is 12.1. The van der Waals surface area contributed by atoms with Crippen LogP contribution in [0, 0.1) is 6.92 Å². The maximum Gasteiger partial charge on any atom is 0.274 e. The van der Waals surface area contributed by atoms with Crippen molar-refractivity contribution in [3.63, 3.8) is 0 Å². The summed E-state index contributed by atoms with van der Waals surface area (Å²) < 4.78 is 5.51. The summed E-state index contributed by atoms with van der Waals surface area (Å²) in [6, 6.07) is 12.9. The molecule has 25 heavy (non-hydrogen) atoms. The van der Waals surface area contributed by atoms with Crippen molar-refractivity contribution in [2.24, 2.45) is 0 Å². The fourth-order valence-corrected chi connectivity index (χ4v) is 2.63. The largest absolute Gasteiger partial charge is 0.482 e. The molecule has 6 heteroatoms. The number of ether oxygens (including phenoxy) is 1. The van der Waals surface area contributed by atoms with E-state index in [4.69, 9.17) is 9.57 Å². The second-order valence-corrected chi connectivity index (χ2v) is 5.80. The van der Waals surface area contributed by atoms with E-state index in [1.807, 2.05) is 37.3 Å². The van der Waals surface area contributed by atoms with Crippen molar-refractivity contribution in [2.75, 3.05) is 18.1 Å². The molecular weight excluding hydrogens is 320 g/mol. The van der Waals surface area contributed by atoms with Gasteiger partial charge < -0.3 is 9.64 Å². The average Bonchev–Trinajstić information content (AvgIpc) is 2.62. The van der Waals surface area contributed by atoms with Gasteiger partial charge >= 0.3 is 0 Å². The minimum atomic E-state index is -0.295. The predicted octanol–water partition coefficient (Wildman–Crippen LogP) is 2.60. The third-order valence-electron chi connectivity index (χ3n) is 3.92. The fraction of sp³-hybridized carbons (Fsp3) is 0.263. The first-order valence-electron chi connectivity index (χ1n) is 8.13. The van der Waals surface area contributed by atoms with Crippen molar-refractivity contribution in [1.29, 1.82) is 0 Å². The van der Waals surface area contributed by atoms with E-state index in [9.17, 15) is 9.59 Å². The smallest absolute Gasteiger partial charge is 0.274 e. The van der Waals surface area contributed by atoms with Crippen LogP contribution in [0.5, 0.6) is 5.75 Å². The van der Waals surface area contributed by atoms with Crippen LogP contribution in [0.2, 0.25) is 0 Å². The second-order valence-electron chi connectivity index (χ2n) is 5.80. The van der Waals surface area contributed by atoms with Crippen LogP contribution in [0.4, 0.5) is 5.69 Å². The Morgan fingerprint density at radius 2 is 2.00 bits per heavy atom. The molecule has 3 rings (SSSR count). The van der Waals surface area contributed by atoms with Gasteiger partial charge in [-0.15, -0.1) is 0 Å². The van der Waals surface area contributed by atoms with E-state index in [2.05, 4.69) is 5.48 Å². The molecular formula is C19H20N2O4. The Hall–Kier alpha value is -2.86. The minimum absolute atomic E-state index is 0.0330. The van der Waals surface area contributed by atoms with E-state index in [1.165, 1.54) is 0 Å². The first kappa shape index (κ1) is 17.0. The SMILES string of the molecule is CCONC(=O)c1ccc(CN2C(=O)COc3cc(C)ccc32)cc1. The monoisotopic (exact) mass is 340 g/mol. The number of amides is 2. The van der Waals surface area contributed by atoms with Crippen LogP contribution in [0.25, 0.3) is 0 Å². The highest BCUT2D eigenvalue weighted by Crippen LogP contribution is 2.33. The molecule has 0 aliphatic carbocycles. The third kappa shape index (κ3) is 3.80. The molecule has 0 bridgehead atoms. The molecule has 0 radical (unpaired) electrons. The number of benzene rings is 2. The van der Waals surface area contributed by atoms with Crippen LogP contribution in [0.15, 0.2) is 42.5 Å². The molecule has 0 atom stereocenters. The van der Waals surface area contributed by atoms with Crippen molar-refractivity contribution in [1.82, 2.24) is 5.48 Å². The highest BCUT2D eigenvalue weighted by atomic mass is 16.6. The number of carbonyl (C=O) groups excluding carboxylic acids is 2. The number of hydroxylamine groups is 1. The number of anilines is 1. The van der Waals surface area contributed by atoms with Crippen molar-refractivity contribution >= 4 is 17.5 Å². The number of aryl methyl sites for hydroxylation is 1. The summed E-state index contributed by atoms with van der Waals surface area (Å²) in [5.74, 6) is 0.332. The Bertz CT molecular complexity index is 787. The summed E-state index contributed by atoms with van der Waals surface area (Å²) in [5.41, 5.74) is 5.63. The van der Waals surface area contributed by atoms with E-state index in [1.54, 1.807) is 24.0 Å². The molecule has 1 aliphatic rings. The number of rotatable bonds is 5. The third-order valence-corrected chi connectivity index (χ3v) is 3.92. The number of nitrogens with one attached hydrogen (secondary N) is 1. The molecule has 0 saturated carbocycles. The summed E-state index contributed by atoms with van der Waals surface area (Å²) in [4.78, 5) is 30.7. The van der Waals surface area contributed by atoms with E-state index in [0.717, 1.165) is 16.8 Å². The number of carbonyl (C=O) groups is 2. The summed E-state index contributed by atoms with van der Waals surface area (Å²) in [7, 11) is 0. The Labute approximate surface area is 146 Å². The fourth-order valence-electron chi connectivity index (χ4n) is 2.63. The Balaban J connectivity index is 1.76. The standard InChI is InChI=1S/C19H20N2O4/c1-3-25-20-19(23)15-7-5-14(6-8-15)11-21-16-9-4-13(2)10-17(16)24-12-18(21)22/h4-10H,3,11-12H2,1-2H3,(H,20,23). The molecule has 2 aromatic carbocycles. The maximum absolute atomic E-state index is 12.3. The summed E-state index contributed by atoms with van der Waals surface area (Å²) in [5, 5.41) is 0. The first-order valence-corrected chi connectivity index (χ1v) is 8.13. The van der Waals surface area contributed by atoms with Gasteiger partial charge in [0.05, 0.1) is 18.8 Å². The minimum Gasteiger partial charge on any atom is -0.482 e. The van der Waals surface area contributed by atoms with Gasteiger partial charge in [0.25, 0.3) is 11.8 Å². The molecule has 0 spiro atoms. The molecule has 6 nitrogen and oxygen atoms in total. The van der Waals surface area contributed by atoms with Crippen LogP contribution in [-0.4, -0.2) is 25.0 Å².